The first-order valence-electron chi connectivity index (χ1n) is 9.52. The molecule has 1 aliphatic heterocycles. The van der Waals surface area contributed by atoms with Crippen molar-refractivity contribution >= 4 is 29.9 Å². The van der Waals surface area contributed by atoms with Gasteiger partial charge in [0.2, 0.25) is 0 Å². The number of benzene rings is 1. The van der Waals surface area contributed by atoms with E-state index < -0.39 is 12.4 Å². The molecule has 1 aliphatic rings. The molecule has 0 saturated carbocycles. The van der Waals surface area contributed by atoms with Gasteiger partial charge in [-0.25, -0.2) is 4.39 Å². The van der Waals surface area contributed by atoms with E-state index >= 15 is 0 Å². The van der Waals surface area contributed by atoms with Gasteiger partial charge in [-0.1, -0.05) is 6.07 Å². The summed E-state index contributed by atoms with van der Waals surface area (Å²) in [4.78, 5) is 6.48. The zero-order valence-corrected chi connectivity index (χ0v) is 18.9. The number of alkyl halides is 2. The molecular formula is C20H26F3IN4O2. The molecule has 10 heteroatoms. The molecule has 1 saturated heterocycles. The summed E-state index contributed by atoms with van der Waals surface area (Å²) < 4.78 is 49.3. The lowest BCUT2D eigenvalue weighted by Crippen LogP contribution is -2.42. The van der Waals surface area contributed by atoms with Crippen LogP contribution in [0, 0.1) is 5.82 Å². The molecule has 0 amide bonds. The van der Waals surface area contributed by atoms with Crippen LogP contribution < -0.4 is 15.4 Å². The zero-order valence-electron chi connectivity index (χ0n) is 16.6. The second-order valence-corrected chi connectivity index (χ2v) is 6.68. The molecule has 2 N–H and O–H groups in total. The molecule has 1 atom stereocenters. The van der Waals surface area contributed by atoms with E-state index in [-0.39, 0.29) is 47.9 Å². The number of hydrogen-bond acceptors (Lipinski definition) is 4. The Balaban J connectivity index is 0.00000320. The van der Waals surface area contributed by atoms with Crippen molar-refractivity contribution in [3.05, 3.63) is 53.7 Å². The van der Waals surface area contributed by atoms with Gasteiger partial charge in [-0.3, -0.25) is 9.89 Å². The third-order valence-electron chi connectivity index (χ3n) is 4.86. The smallest absolute Gasteiger partial charge is 0.387 e. The lowest BCUT2D eigenvalue weighted by molar-refractivity contribution is -0.0506. The molecule has 1 aromatic heterocycles. The molecule has 1 aromatic carbocycles. The van der Waals surface area contributed by atoms with Gasteiger partial charge in [-0.2, -0.15) is 8.78 Å². The van der Waals surface area contributed by atoms with E-state index in [1.807, 2.05) is 12.1 Å². The lowest BCUT2D eigenvalue weighted by atomic mass is 10.2. The van der Waals surface area contributed by atoms with Gasteiger partial charge in [0.25, 0.3) is 0 Å². The number of rotatable bonds is 8. The average molecular weight is 538 g/mol. The first kappa shape index (κ1) is 24.3. The summed E-state index contributed by atoms with van der Waals surface area (Å²) >= 11 is 0. The van der Waals surface area contributed by atoms with Gasteiger partial charge in [0.15, 0.2) is 5.96 Å². The Labute approximate surface area is 190 Å². The predicted molar refractivity (Wildman–Crippen MR) is 119 cm³/mol. The van der Waals surface area contributed by atoms with E-state index in [2.05, 4.69) is 25.3 Å². The van der Waals surface area contributed by atoms with Crippen LogP contribution in [0.4, 0.5) is 13.2 Å². The molecule has 3 rings (SSSR count). The van der Waals surface area contributed by atoms with Gasteiger partial charge >= 0.3 is 6.61 Å². The first-order valence-corrected chi connectivity index (χ1v) is 9.52. The minimum atomic E-state index is -3.03. The maximum absolute atomic E-state index is 14.1. The Morgan fingerprint density at radius 3 is 2.60 bits per heavy atom. The average Bonchev–Trinajstić information content (AvgIpc) is 3.40. The Morgan fingerprint density at radius 2 is 1.97 bits per heavy atom. The Hall–Kier alpha value is -1.95. The van der Waals surface area contributed by atoms with Gasteiger partial charge in [0, 0.05) is 25.7 Å². The van der Waals surface area contributed by atoms with Crippen molar-refractivity contribution in [3.8, 4) is 5.75 Å². The Morgan fingerprint density at radius 1 is 1.20 bits per heavy atom. The standard InChI is InChI=1S/C20H25F3N4O2.HI/c1-24-20(25-12-14-15(21)6-4-7-17(14)29-19(22)23)26-13-16(18-8-5-11-28-18)27-9-2-3-10-27;/h4-8,11,16,19H,2-3,9-10,12-13H2,1H3,(H2,24,25,26);1H. The Bertz CT molecular complexity index is 799. The van der Waals surface area contributed by atoms with Crippen LogP contribution in [0.2, 0.25) is 0 Å². The fourth-order valence-corrected chi connectivity index (χ4v) is 3.45. The lowest BCUT2D eigenvalue weighted by Gasteiger charge is -2.26. The molecule has 166 valence electrons. The highest BCUT2D eigenvalue weighted by atomic mass is 127. The number of ether oxygens (including phenoxy) is 1. The van der Waals surface area contributed by atoms with E-state index in [1.165, 1.54) is 18.2 Å². The minimum Gasteiger partial charge on any atom is -0.468 e. The summed E-state index contributed by atoms with van der Waals surface area (Å²) in [5, 5.41) is 6.17. The van der Waals surface area contributed by atoms with Crippen LogP contribution in [0.3, 0.4) is 0 Å². The molecule has 2 aromatic rings. The summed E-state index contributed by atoms with van der Waals surface area (Å²) in [6, 6.07) is 7.67. The quantitative estimate of drug-likeness (QED) is 0.301. The van der Waals surface area contributed by atoms with E-state index in [9.17, 15) is 13.2 Å². The molecule has 2 heterocycles. The van der Waals surface area contributed by atoms with E-state index in [0.29, 0.717) is 12.5 Å². The normalized spacial score (nSPS) is 15.7. The third-order valence-corrected chi connectivity index (χ3v) is 4.86. The monoisotopic (exact) mass is 538 g/mol. The van der Waals surface area contributed by atoms with Gasteiger partial charge < -0.3 is 19.8 Å². The van der Waals surface area contributed by atoms with Gasteiger partial charge in [-0.15, -0.1) is 24.0 Å². The van der Waals surface area contributed by atoms with E-state index in [0.717, 1.165) is 31.7 Å². The van der Waals surface area contributed by atoms with Crippen LogP contribution in [0.15, 0.2) is 46.0 Å². The second-order valence-electron chi connectivity index (χ2n) is 6.68. The summed E-state index contributed by atoms with van der Waals surface area (Å²) in [6.07, 6.45) is 3.93. The zero-order chi connectivity index (χ0) is 20.6. The third kappa shape index (κ3) is 6.53. The van der Waals surface area contributed by atoms with Crippen molar-refractivity contribution in [1.82, 2.24) is 15.5 Å². The predicted octanol–water partition coefficient (Wildman–Crippen LogP) is 4.14. The van der Waals surface area contributed by atoms with Crippen molar-refractivity contribution in [3.63, 3.8) is 0 Å². The Kier molecular flexibility index (Phi) is 9.76. The van der Waals surface area contributed by atoms with Crippen molar-refractivity contribution in [1.29, 1.82) is 0 Å². The molecular weight excluding hydrogens is 512 g/mol. The number of guanidine groups is 1. The molecule has 1 unspecified atom stereocenters. The highest BCUT2D eigenvalue weighted by molar-refractivity contribution is 14.0. The largest absolute Gasteiger partial charge is 0.468 e. The number of furan rings is 1. The van der Waals surface area contributed by atoms with Crippen LogP contribution in [0.25, 0.3) is 0 Å². The molecule has 0 bridgehead atoms. The van der Waals surface area contributed by atoms with Crippen LogP contribution in [0.5, 0.6) is 5.75 Å². The molecule has 1 fully saturated rings. The summed E-state index contributed by atoms with van der Waals surface area (Å²) in [5.41, 5.74) is 0.0119. The molecule has 6 nitrogen and oxygen atoms in total. The highest BCUT2D eigenvalue weighted by Crippen LogP contribution is 2.25. The summed E-state index contributed by atoms with van der Waals surface area (Å²) in [6.45, 7) is -0.567. The highest BCUT2D eigenvalue weighted by Gasteiger charge is 2.25. The van der Waals surface area contributed by atoms with Crippen molar-refractivity contribution in [2.45, 2.75) is 32.0 Å². The summed E-state index contributed by atoms with van der Waals surface area (Å²) in [7, 11) is 1.59. The molecule has 30 heavy (non-hydrogen) atoms. The van der Waals surface area contributed by atoms with E-state index in [4.69, 9.17) is 4.42 Å². The molecule has 0 spiro atoms. The number of likely N-dealkylation sites (tertiary alicyclic amines) is 1. The van der Waals surface area contributed by atoms with Gasteiger partial charge in [-0.05, 0) is 50.2 Å². The molecule has 0 radical (unpaired) electrons. The van der Waals surface area contributed by atoms with Crippen LogP contribution in [-0.4, -0.2) is 44.2 Å². The number of nitrogens with one attached hydrogen (secondary N) is 2. The topological polar surface area (TPSA) is 62.0 Å². The number of nitrogens with zero attached hydrogens (tertiary/aromatic N) is 2. The van der Waals surface area contributed by atoms with Crippen LogP contribution >= 0.6 is 24.0 Å². The first-order chi connectivity index (χ1) is 14.1. The summed E-state index contributed by atoms with van der Waals surface area (Å²) in [5.74, 6) is 0.452. The van der Waals surface area contributed by atoms with Gasteiger partial charge in [0.1, 0.15) is 17.3 Å². The second kappa shape index (κ2) is 12.0. The number of halogens is 4. The fourth-order valence-electron chi connectivity index (χ4n) is 3.45. The maximum atomic E-state index is 14.1. The van der Waals surface area contributed by atoms with Crippen molar-refractivity contribution < 1.29 is 22.3 Å². The van der Waals surface area contributed by atoms with Crippen molar-refractivity contribution in [2.24, 2.45) is 4.99 Å². The number of aliphatic imine (C=N–C) groups is 1. The van der Waals surface area contributed by atoms with Gasteiger partial charge in [0.05, 0.1) is 12.3 Å². The number of hydrogen-bond donors (Lipinski definition) is 2. The van der Waals surface area contributed by atoms with E-state index in [1.54, 1.807) is 13.3 Å². The SMILES string of the molecule is CN=C(NCc1c(F)cccc1OC(F)F)NCC(c1ccco1)N1CCCC1.I. The van der Waals surface area contributed by atoms with Crippen LogP contribution in [0.1, 0.15) is 30.2 Å². The fraction of sp³-hybridized carbons (Fsp3) is 0.450. The molecule has 0 aliphatic carbocycles. The maximum Gasteiger partial charge on any atom is 0.387 e. The minimum absolute atomic E-state index is 0. The van der Waals surface area contributed by atoms with Crippen molar-refractivity contribution in [2.75, 3.05) is 26.7 Å². The van der Waals surface area contributed by atoms with Crippen LogP contribution in [-0.2, 0) is 6.54 Å².